The Hall–Kier alpha value is -0.370. The van der Waals surface area contributed by atoms with Crippen molar-refractivity contribution >= 4 is 5.78 Å². The fourth-order valence-corrected chi connectivity index (χ4v) is 1.86. The van der Waals surface area contributed by atoms with E-state index in [0.717, 1.165) is 12.8 Å². The van der Waals surface area contributed by atoms with Gasteiger partial charge in [0.25, 0.3) is 0 Å². The van der Waals surface area contributed by atoms with E-state index in [1.54, 1.807) is 0 Å². The number of hydrogen-bond donors (Lipinski definition) is 1. The van der Waals surface area contributed by atoms with Crippen LogP contribution in [0.4, 0.5) is 0 Å². The summed E-state index contributed by atoms with van der Waals surface area (Å²) in [4.78, 5) is 11.5. The van der Waals surface area contributed by atoms with Crippen molar-refractivity contribution in [3.8, 4) is 0 Å². The van der Waals surface area contributed by atoms with Crippen molar-refractivity contribution in [3.05, 3.63) is 0 Å². The van der Waals surface area contributed by atoms with Gasteiger partial charge in [0.15, 0.2) is 0 Å². The van der Waals surface area contributed by atoms with Crippen LogP contribution < -0.4 is 5.32 Å². The number of ketones is 1. The molecular formula is C15H31NO. The molecule has 0 aliphatic heterocycles. The lowest BCUT2D eigenvalue weighted by molar-refractivity contribution is -0.118. The van der Waals surface area contributed by atoms with Crippen LogP contribution in [0.25, 0.3) is 0 Å². The molecule has 2 heteroatoms. The Kier molecular flexibility index (Phi) is 11.8. The van der Waals surface area contributed by atoms with Gasteiger partial charge in [-0.1, -0.05) is 65.7 Å². The van der Waals surface area contributed by atoms with E-state index in [1.807, 2.05) is 0 Å². The average Bonchev–Trinajstić information content (AvgIpc) is 2.30. The summed E-state index contributed by atoms with van der Waals surface area (Å²) in [5, 5.41) is 3.17. The third kappa shape index (κ3) is 13.6. The largest absolute Gasteiger partial charge is 0.308 e. The van der Waals surface area contributed by atoms with Crippen LogP contribution in [-0.2, 0) is 4.79 Å². The molecule has 0 aliphatic carbocycles. The van der Waals surface area contributed by atoms with Gasteiger partial charge in [-0.05, 0) is 6.42 Å². The molecule has 0 atom stereocenters. The fourth-order valence-electron chi connectivity index (χ4n) is 1.86. The molecule has 0 saturated carbocycles. The predicted octanol–water partition coefficient (Wildman–Crippen LogP) is 4.08. The maximum absolute atomic E-state index is 11.5. The lowest BCUT2D eigenvalue weighted by Gasteiger charge is -2.06. The van der Waals surface area contributed by atoms with Crippen LogP contribution in [0.2, 0.25) is 0 Å². The molecule has 17 heavy (non-hydrogen) atoms. The normalized spacial score (nSPS) is 11.1. The van der Waals surface area contributed by atoms with Crippen molar-refractivity contribution in [3.63, 3.8) is 0 Å². The lowest BCUT2D eigenvalue weighted by atomic mass is 10.1. The average molecular weight is 241 g/mol. The number of hydrogen-bond acceptors (Lipinski definition) is 2. The van der Waals surface area contributed by atoms with Crippen molar-refractivity contribution in [2.75, 3.05) is 6.54 Å². The Labute approximate surface area is 108 Å². The SMILES string of the molecule is CCCCCCCCCCC(=O)CNC(C)C. The van der Waals surface area contributed by atoms with E-state index in [1.165, 1.54) is 44.9 Å². The van der Waals surface area contributed by atoms with Gasteiger partial charge in [0.1, 0.15) is 5.78 Å². The number of carbonyl (C=O) groups is 1. The van der Waals surface area contributed by atoms with Crippen molar-refractivity contribution in [1.82, 2.24) is 5.32 Å². The molecule has 0 radical (unpaired) electrons. The smallest absolute Gasteiger partial charge is 0.146 e. The molecule has 0 saturated heterocycles. The van der Waals surface area contributed by atoms with Crippen molar-refractivity contribution in [2.24, 2.45) is 0 Å². The maximum atomic E-state index is 11.5. The summed E-state index contributed by atoms with van der Waals surface area (Å²) in [6.45, 7) is 6.94. The Bertz CT molecular complexity index is 178. The molecule has 1 N–H and O–H groups in total. The van der Waals surface area contributed by atoms with Crippen LogP contribution in [0.5, 0.6) is 0 Å². The third-order valence-electron chi connectivity index (χ3n) is 3.02. The zero-order chi connectivity index (χ0) is 12.9. The number of carbonyl (C=O) groups excluding carboxylic acids is 1. The highest BCUT2D eigenvalue weighted by atomic mass is 16.1. The van der Waals surface area contributed by atoms with Crippen molar-refractivity contribution in [2.45, 2.75) is 84.6 Å². The van der Waals surface area contributed by atoms with Gasteiger partial charge >= 0.3 is 0 Å². The molecule has 0 bridgehead atoms. The maximum Gasteiger partial charge on any atom is 0.146 e. The second kappa shape index (κ2) is 12.1. The Balaban J connectivity index is 3.14. The summed E-state index contributed by atoms with van der Waals surface area (Å²) in [6.07, 6.45) is 11.1. The summed E-state index contributed by atoms with van der Waals surface area (Å²) in [7, 11) is 0. The highest BCUT2D eigenvalue weighted by Gasteiger charge is 2.02. The first-order valence-corrected chi connectivity index (χ1v) is 7.42. The van der Waals surface area contributed by atoms with Crippen molar-refractivity contribution in [1.29, 1.82) is 0 Å². The molecular weight excluding hydrogens is 210 g/mol. The molecule has 0 aromatic heterocycles. The first-order valence-electron chi connectivity index (χ1n) is 7.42. The van der Waals surface area contributed by atoms with Crippen LogP contribution in [-0.4, -0.2) is 18.4 Å². The van der Waals surface area contributed by atoms with Gasteiger partial charge in [0.2, 0.25) is 0 Å². The highest BCUT2D eigenvalue weighted by molar-refractivity contribution is 5.80. The molecule has 0 aromatic rings. The van der Waals surface area contributed by atoms with Gasteiger partial charge in [-0.15, -0.1) is 0 Å². The van der Waals surface area contributed by atoms with Crippen LogP contribution in [0, 0.1) is 0 Å². The van der Waals surface area contributed by atoms with E-state index in [-0.39, 0.29) is 0 Å². The second-order valence-corrected chi connectivity index (χ2v) is 5.30. The molecule has 0 unspecified atom stereocenters. The number of rotatable bonds is 12. The number of nitrogens with one attached hydrogen (secondary N) is 1. The number of Topliss-reactive ketones (excluding diaryl/α,β-unsaturated/α-hetero) is 1. The van der Waals surface area contributed by atoms with Crippen LogP contribution in [0.3, 0.4) is 0 Å². The zero-order valence-electron chi connectivity index (χ0n) is 12.1. The molecule has 0 spiro atoms. The molecule has 0 heterocycles. The molecule has 0 amide bonds. The zero-order valence-corrected chi connectivity index (χ0v) is 12.1. The first-order chi connectivity index (χ1) is 8.16. The van der Waals surface area contributed by atoms with Gasteiger partial charge in [-0.3, -0.25) is 4.79 Å². The Morgan fingerprint density at radius 3 is 2.00 bits per heavy atom. The van der Waals surface area contributed by atoms with Gasteiger partial charge in [-0.2, -0.15) is 0 Å². The van der Waals surface area contributed by atoms with Gasteiger partial charge in [0, 0.05) is 12.5 Å². The molecule has 102 valence electrons. The van der Waals surface area contributed by atoms with E-state index in [4.69, 9.17) is 0 Å². The Morgan fingerprint density at radius 2 is 1.47 bits per heavy atom. The number of unbranched alkanes of at least 4 members (excludes halogenated alkanes) is 7. The molecule has 0 aromatic carbocycles. The highest BCUT2D eigenvalue weighted by Crippen LogP contribution is 2.09. The quantitative estimate of drug-likeness (QED) is 0.522. The van der Waals surface area contributed by atoms with Gasteiger partial charge in [0.05, 0.1) is 6.54 Å². The molecule has 0 rings (SSSR count). The standard InChI is InChI=1S/C15H31NO/c1-4-5-6-7-8-9-10-11-12-15(17)13-16-14(2)3/h14,16H,4-13H2,1-3H3. The summed E-state index contributed by atoms with van der Waals surface area (Å²) < 4.78 is 0. The molecule has 2 nitrogen and oxygen atoms in total. The second-order valence-electron chi connectivity index (χ2n) is 5.30. The van der Waals surface area contributed by atoms with E-state index in [9.17, 15) is 4.79 Å². The summed E-state index contributed by atoms with van der Waals surface area (Å²) in [6, 6.07) is 0.414. The fraction of sp³-hybridized carbons (Fsp3) is 0.933. The minimum absolute atomic E-state index is 0.365. The Morgan fingerprint density at radius 1 is 0.941 bits per heavy atom. The summed E-state index contributed by atoms with van der Waals surface area (Å²) >= 11 is 0. The van der Waals surface area contributed by atoms with Gasteiger partial charge < -0.3 is 5.32 Å². The summed E-state index contributed by atoms with van der Waals surface area (Å²) in [5.41, 5.74) is 0. The van der Waals surface area contributed by atoms with Crippen LogP contribution in [0.1, 0.15) is 78.6 Å². The molecule has 0 fully saturated rings. The minimum Gasteiger partial charge on any atom is -0.308 e. The minimum atomic E-state index is 0.365. The van der Waals surface area contributed by atoms with E-state index in [2.05, 4.69) is 26.1 Å². The van der Waals surface area contributed by atoms with Crippen molar-refractivity contribution < 1.29 is 4.79 Å². The van der Waals surface area contributed by atoms with E-state index < -0.39 is 0 Å². The third-order valence-corrected chi connectivity index (χ3v) is 3.02. The van der Waals surface area contributed by atoms with E-state index in [0.29, 0.717) is 18.4 Å². The van der Waals surface area contributed by atoms with Crippen LogP contribution in [0.15, 0.2) is 0 Å². The van der Waals surface area contributed by atoms with E-state index >= 15 is 0 Å². The molecule has 0 aliphatic rings. The predicted molar refractivity (Wildman–Crippen MR) is 75.4 cm³/mol. The van der Waals surface area contributed by atoms with Crippen LogP contribution >= 0.6 is 0 Å². The topological polar surface area (TPSA) is 29.1 Å². The summed E-state index contributed by atoms with van der Waals surface area (Å²) in [5.74, 6) is 0.365. The monoisotopic (exact) mass is 241 g/mol. The van der Waals surface area contributed by atoms with Gasteiger partial charge in [-0.25, -0.2) is 0 Å². The first kappa shape index (κ1) is 16.6. The lowest BCUT2D eigenvalue weighted by Crippen LogP contribution is -2.28.